The Balaban J connectivity index is 1.88. The highest BCUT2D eigenvalue weighted by molar-refractivity contribution is 5.96. The topological polar surface area (TPSA) is 37.3 Å². The summed E-state index contributed by atoms with van der Waals surface area (Å²) in [5.74, 6) is 0.163. The Kier molecular flexibility index (Phi) is 4.76. The molecule has 3 rings (SSSR count). The van der Waals surface area contributed by atoms with Crippen LogP contribution in [0.4, 0.5) is 0 Å². The van der Waals surface area contributed by atoms with Gasteiger partial charge < -0.3 is 14.8 Å². The van der Waals surface area contributed by atoms with E-state index in [1.165, 1.54) is 5.56 Å². The van der Waals surface area contributed by atoms with Crippen molar-refractivity contribution in [1.82, 2.24) is 14.8 Å². The average molecular weight is 325 g/mol. The van der Waals surface area contributed by atoms with Crippen molar-refractivity contribution < 1.29 is 4.79 Å². The number of piperidine rings is 1. The number of nitrogens with zero attached hydrogens (tertiary/aromatic N) is 2. The monoisotopic (exact) mass is 325 g/mol. The fraction of sp³-hybridized carbons (Fsp3) is 0.450. The molecule has 0 spiro atoms. The van der Waals surface area contributed by atoms with Gasteiger partial charge in [-0.15, -0.1) is 0 Å². The van der Waals surface area contributed by atoms with Crippen LogP contribution in [0.3, 0.4) is 0 Å². The molecule has 0 saturated carbocycles. The molecule has 4 heteroatoms. The quantitative estimate of drug-likeness (QED) is 0.941. The van der Waals surface area contributed by atoms with Crippen LogP contribution in [-0.2, 0) is 0 Å². The SMILES string of the molecule is CNC1CCN(C(=O)c2cc(C)n(-c3cccc(C)c3)c2C)CC1. The number of aromatic nitrogens is 1. The summed E-state index contributed by atoms with van der Waals surface area (Å²) >= 11 is 0. The van der Waals surface area contributed by atoms with Crippen LogP contribution < -0.4 is 5.32 Å². The van der Waals surface area contributed by atoms with E-state index in [0.717, 1.165) is 48.6 Å². The molecule has 1 aromatic heterocycles. The number of nitrogens with one attached hydrogen (secondary N) is 1. The predicted molar refractivity (Wildman–Crippen MR) is 98.0 cm³/mol. The van der Waals surface area contributed by atoms with Crippen molar-refractivity contribution in [3.8, 4) is 5.69 Å². The summed E-state index contributed by atoms with van der Waals surface area (Å²) in [5.41, 5.74) is 5.31. The summed E-state index contributed by atoms with van der Waals surface area (Å²) in [6, 6.07) is 11.0. The van der Waals surface area contributed by atoms with Crippen LogP contribution in [0, 0.1) is 20.8 Å². The highest BCUT2D eigenvalue weighted by atomic mass is 16.2. The maximum Gasteiger partial charge on any atom is 0.255 e. The van der Waals surface area contributed by atoms with E-state index in [9.17, 15) is 4.79 Å². The molecule has 4 nitrogen and oxygen atoms in total. The van der Waals surface area contributed by atoms with Gasteiger partial charge in [-0.2, -0.15) is 0 Å². The van der Waals surface area contributed by atoms with Gasteiger partial charge in [-0.1, -0.05) is 12.1 Å². The Bertz CT molecular complexity index is 739. The number of hydrogen-bond donors (Lipinski definition) is 1. The smallest absolute Gasteiger partial charge is 0.255 e. The van der Waals surface area contributed by atoms with E-state index in [4.69, 9.17) is 0 Å². The fourth-order valence-electron chi connectivity index (χ4n) is 3.69. The van der Waals surface area contributed by atoms with Crippen molar-refractivity contribution in [3.05, 3.63) is 52.8 Å². The van der Waals surface area contributed by atoms with Crippen LogP contribution >= 0.6 is 0 Å². The molecule has 2 heterocycles. The lowest BCUT2D eigenvalue weighted by molar-refractivity contribution is 0.0706. The van der Waals surface area contributed by atoms with E-state index in [0.29, 0.717) is 6.04 Å². The Labute approximate surface area is 144 Å². The van der Waals surface area contributed by atoms with Crippen molar-refractivity contribution in [1.29, 1.82) is 0 Å². The molecule has 0 aliphatic carbocycles. The first-order valence-corrected chi connectivity index (χ1v) is 8.73. The third-order valence-corrected chi connectivity index (χ3v) is 5.11. The number of likely N-dealkylation sites (tertiary alicyclic amines) is 1. The molecule has 24 heavy (non-hydrogen) atoms. The van der Waals surface area contributed by atoms with Crippen LogP contribution in [0.2, 0.25) is 0 Å². The number of benzene rings is 1. The standard InChI is InChI=1S/C20H27N3O/c1-14-6-5-7-18(12-14)23-15(2)13-19(16(23)3)20(24)22-10-8-17(21-4)9-11-22/h5-7,12-13,17,21H,8-11H2,1-4H3. The highest BCUT2D eigenvalue weighted by Gasteiger charge is 2.25. The van der Waals surface area contributed by atoms with Crippen LogP contribution in [-0.4, -0.2) is 41.6 Å². The summed E-state index contributed by atoms with van der Waals surface area (Å²) in [7, 11) is 2.00. The molecule has 0 unspecified atom stereocenters. The lowest BCUT2D eigenvalue weighted by atomic mass is 10.0. The molecule has 1 aliphatic rings. The zero-order valence-electron chi connectivity index (χ0n) is 15.1. The first kappa shape index (κ1) is 16.8. The van der Waals surface area contributed by atoms with E-state index in [2.05, 4.69) is 48.0 Å². The van der Waals surface area contributed by atoms with Gasteiger partial charge in [0.15, 0.2) is 0 Å². The Hall–Kier alpha value is -2.07. The van der Waals surface area contributed by atoms with Gasteiger partial charge in [-0.25, -0.2) is 0 Å². The molecular formula is C20H27N3O. The van der Waals surface area contributed by atoms with E-state index >= 15 is 0 Å². The number of carbonyl (C=O) groups is 1. The number of hydrogen-bond acceptors (Lipinski definition) is 2. The van der Waals surface area contributed by atoms with Gasteiger partial charge in [-0.05, 0) is 64.4 Å². The zero-order chi connectivity index (χ0) is 17.3. The largest absolute Gasteiger partial charge is 0.338 e. The first-order valence-electron chi connectivity index (χ1n) is 8.73. The molecular weight excluding hydrogens is 298 g/mol. The highest BCUT2D eigenvalue weighted by Crippen LogP contribution is 2.24. The van der Waals surface area contributed by atoms with Crippen molar-refractivity contribution in [3.63, 3.8) is 0 Å². The van der Waals surface area contributed by atoms with Gasteiger partial charge in [-0.3, -0.25) is 4.79 Å². The minimum absolute atomic E-state index is 0.163. The summed E-state index contributed by atoms with van der Waals surface area (Å²) in [6.45, 7) is 7.87. The van der Waals surface area contributed by atoms with Crippen molar-refractivity contribution in [2.24, 2.45) is 0 Å². The maximum absolute atomic E-state index is 13.0. The number of rotatable bonds is 3. The number of amides is 1. The molecule has 1 saturated heterocycles. The van der Waals surface area contributed by atoms with Crippen molar-refractivity contribution >= 4 is 5.91 Å². The predicted octanol–water partition coefficient (Wildman–Crippen LogP) is 3.23. The Morgan fingerprint density at radius 1 is 1.12 bits per heavy atom. The molecule has 0 radical (unpaired) electrons. The average Bonchev–Trinajstić information content (AvgIpc) is 2.89. The number of aryl methyl sites for hydroxylation is 2. The fourth-order valence-corrected chi connectivity index (χ4v) is 3.69. The second-order valence-corrected chi connectivity index (χ2v) is 6.81. The van der Waals surface area contributed by atoms with Gasteiger partial charge in [0.2, 0.25) is 0 Å². The van der Waals surface area contributed by atoms with Crippen LogP contribution in [0.5, 0.6) is 0 Å². The maximum atomic E-state index is 13.0. The molecule has 1 aliphatic heterocycles. The van der Waals surface area contributed by atoms with Gasteiger partial charge in [0.05, 0.1) is 5.56 Å². The van der Waals surface area contributed by atoms with Crippen molar-refractivity contribution in [2.75, 3.05) is 20.1 Å². The first-order chi connectivity index (χ1) is 11.5. The van der Waals surface area contributed by atoms with Gasteiger partial charge >= 0.3 is 0 Å². The van der Waals surface area contributed by atoms with Crippen LogP contribution in [0.25, 0.3) is 5.69 Å². The molecule has 2 aromatic rings. The summed E-state index contributed by atoms with van der Waals surface area (Å²) in [4.78, 5) is 15.0. The summed E-state index contributed by atoms with van der Waals surface area (Å²) < 4.78 is 2.18. The lowest BCUT2D eigenvalue weighted by Crippen LogP contribution is -2.44. The van der Waals surface area contributed by atoms with Gasteiger partial charge in [0.1, 0.15) is 0 Å². The van der Waals surface area contributed by atoms with Gasteiger partial charge in [0, 0.05) is 36.2 Å². The van der Waals surface area contributed by atoms with E-state index in [-0.39, 0.29) is 5.91 Å². The molecule has 1 N–H and O–H groups in total. The summed E-state index contributed by atoms with van der Waals surface area (Å²) in [5, 5.41) is 3.31. The lowest BCUT2D eigenvalue weighted by Gasteiger charge is -2.31. The minimum atomic E-state index is 0.163. The minimum Gasteiger partial charge on any atom is -0.338 e. The molecule has 1 aromatic carbocycles. The summed E-state index contributed by atoms with van der Waals surface area (Å²) in [6.07, 6.45) is 2.05. The molecule has 0 atom stereocenters. The second kappa shape index (κ2) is 6.81. The van der Waals surface area contributed by atoms with E-state index in [1.807, 2.05) is 24.9 Å². The zero-order valence-corrected chi connectivity index (χ0v) is 15.1. The van der Waals surface area contributed by atoms with Crippen LogP contribution in [0.1, 0.15) is 40.2 Å². The van der Waals surface area contributed by atoms with E-state index in [1.54, 1.807) is 0 Å². The Morgan fingerprint density at radius 2 is 1.83 bits per heavy atom. The van der Waals surface area contributed by atoms with Crippen molar-refractivity contribution in [2.45, 2.75) is 39.7 Å². The van der Waals surface area contributed by atoms with Gasteiger partial charge in [0.25, 0.3) is 5.91 Å². The van der Waals surface area contributed by atoms with Crippen LogP contribution in [0.15, 0.2) is 30.3 Å². The van der Waals surface area contributed by atoms with E-state index < -0.39 is 0 Å². The molecule has 128 valence electrons. The Morgan fingerprint density at radius 3 is 2.46 bits per heavy atom. The molecule has 0 bridgehead atoms. The third-order valence-electron chi connectivity index (χ3n) is 5.11. The molecule has 1 fully saturated rings. The second-order valence-electron chi connectivity index (χ2n) is 6.81. The number of carbonyl (C=O) groups excluding carboxylic acids is 1. The molecule has 1 amide bonds. The third kappa shape index (κ3) is 3.11. The normalized spacial score (nSPS) is 15.8.